The number of morpholine rings is 1. The van der Waals surface area contributed by atoms with Gasteiger partial charge in [0.25, 0.3) is 0 Å². The zero-order chi connectivity index (χ0) is 21.5. The minimum Gasteiger partial charge on any atom is -0.493 e. The maximum atomic E-state index is 12.8. The van der Waals surface area contributed by atoms with Crippen molar-refractivity contribution in [2.75, 3.05) is 53.2 Å². The molecule has 2 aliphatic heterocycles. The number of nitrogens with one attached hydrogen (secondary N) is 1. The summed E-state index contributed by atoms with van der Waals surface area (Å²) in [5, 5.41) is 3.15. The number of benzene rings is 2. The van der Waals surface area contributed by atoms with Crippen LogP contribution in [0.4, 0.5) is 0 Å². The molecule has 0 spiro atoms. The van der Waals surface area contributed by atoms with Gasteiger partial charge in [-0.2, -0.15) is 0 Å². The predicted molar refractivity (Wildman–Crippen MR) is 118 cm³/mol. The minimum absolute atomic E-state index is 0.105. The van der Waals surface area contributed by atoms with Gasteiger partial charge in [-0.05, 0) is 29.3 Å². The standard InChI is InChI=1S/C24H28N2O5/c1-28-21-15-18(16-22-24(21)31-14-13-30-22)7-8-23(27)25-20(19-5-3-2-4-6-19)17-26-9-11-29-12-10-26/h2-8,15-16,20H,9-14,17H2,1H3,(H,25,27)/b8-7+/t20-/m0/s1. The quantitative estimate of drug-likeness (QED) is 0.690. The van der Waals surface area contributed by atoms with Crippen LogP contribution in [0.25, 0.3) is 6.08 Å². The summed E-state index contributed by atoms with van der Waals surface area (Å²) in [4.78, 5) is 15.1. The topological polar surface area (TPSA) is 69.3 Å². The first-order valence-corrected chi connectivity index (χ1v) is 10.5. The van der Waals surface area contributed by atoms with Gasteiger partial charge < -0.3 is 24.3 Å². The maximum absolute atomic E-state index is 12.8. The van der Waals surface area contributed by atoms with Crippen LogP contribution in [0.15, 0.2) is 48.5 Å². The highest BCUT2D eigenvalue weighted by molar-refractivity contribution is 5.92. The zero-order valence-corrected chi connectivity index (χ0v) is 17.7. The lowest BCUT2D eigenvalue weighted by Gasteiger charge is -2.31. The SMILES string of the molecule is COc1cc(/C=C/C(=O)N[C@@H](CN2CCOCC2)c2ccccc2)cc2c1OCCO2. The Kier molecular flexibility index (Phi) is 7.07. The summed E-state index contributed by atoms with van der Waals surface area (Å²) in [5.41, 5.74) is 1.89. The third kappa shape index (κ3) is 5.57. The summed E-state index contributed by atoms with van der Waals surface area (Å²) >= 11 is 0. The number of ether oxygens (including phenoxy) is 4. The normalized spacial score (nSPS) is 17.3. The first kappa shape index (κ1) is 21.2. The van der Waals surface area contributed by atoms with Crippen molar-refractivity contribution in [3.63, 3.8) is 0 Å². The molecule has 1 fully saturated rings. The number of amides is 1. The summed E-state index contributed by atoms with van der Waals surface area (Å²) in [7, 11) is 1.59. The lowest BCUT2D eigenvalue weighted by Crippen LogP contribution is -2.42. The monoisotopic (exact) mass is 424 g/mol. The number of methoxy groups -OCH3 is 1. The molecule has 2 aromatic rings. The van der Waals surface area contributed by atoms with Crippen molar-refractivity contribution in [1.82, 2.24) is 10.2 Å². The van der Waals surface area contributed by atoms with E-state index in [2.05, 4.69) is 10.2 Å². The molecule has 0 radical (unpaired) electrons. The fourth-order valence-electron chi connectivity index (χ4n) is 3.74. The molecule has 0 saturated carbocycles. The van der Waals surface area contributed by atoms with Crippen LogP contribution < -0.4 is 19.5 Å². The van der Waals surface area contributed by atoms with E-state index in [-0.39, 0.29) is 11.9 Å². The van der Waals surface area contributed by atoms with Gasteiger partial charge in [0, 0.05) is 25.7 Å². The Morgan fingerprint density at radius 2 is 1.90 bits per heavy atom. The summed E-state index contributed by atoms with van der Waals surface area (Å²) in [6, 6.07) is 13.6. The Morgan fingerprint density at radius 1 is 1.13 bits per heavy atom. The van der Waals surface area contributed by atoms with Gasteiger partial charge in [-0.15, -0.1) is 0 Å². The number of hydrogen-bond acceptors (Lipinski definition) is 6. The van der Waals surface area contributed by atoms with E-state index in [1.165, 1.54) is 0 Å². The molecule has 1 N–H and O–H groups in total. The molecule has 31 heavy (non-hydrogen) atoms. The molecule has 1 atom stereocenters. The number of carbonyl (C=O) groups is 1. The van der Waals surface area contributed by atoms with E-state index >= 15 is 0 Å². The van der Waals surface area contributed by atoms with E-state index < -0.39 is 0 Å². The Labute approximate surface area is 182 Å². The lowest BCUT2D eigenvalue weighted by atomic mass is 10.1. The van der Waals surface area contributed by atoms with Crippen LogP contribution >= 0.6 is 0 Å². The molecule has 7 nitrogen and oxygen atoms in total. The number of nitrogens with zero attached hydrogens (tertiary/aromatic N) is 1. The van der Waals surface area contributed by atoms with E-state index in [0.717, 1.165) is 44.0 Å². The molecular formula is C24H28N2O5. The fourth-order valence-corrected chi connectivity index (χ4v) is 3.74. The maximum Gasteiger partial charge on any atom is 0.244 e. The van der Waals surface area contributed by atoms with Crippen LogP contribution in [0.1, 0.15) is 17.2 Å². The van der Waals surface area contributed by atoms with Gasteiger partial charge in [-0.1, -0.05) is 30.3 Å². The van der Waals surface area contributed by atoms with Crippen LogP contribution in [0.5, 0.6) is 17.2 Å². The van der Waals surface area contributed by atoms with Gasteiger partial charge in [-0.25, -0.2) is 0 Å². The predicted octanol–water partition coefficient (Wildman–Crippen LogP) is 2.67. The summed E-state index contributed by atoms with van der Waals surface area (Å²) in [5.74, 6) is 1.66. The second-order valence-corrected chi connectivity index (χ2v) is 7.47. The van der Waals surface area contributed by atoms with Crippen molar-refractivity contribution in [3.05, 3.63) is 59.7 Å². The molecule has 2 aliphatic rings. The van der Waals surface area contributed by atoms with E-state index in [1.54, 1.807) is 19.3 Å². The average Bonchev–Trinajstić information content (AvgIpc) is 2.83. The fraction of sp³-hybridized carbons (Fsp3) is 0.375. The van der Waals surface area contributed by atoms with Crippen molar-refractivity contribution in [2.45, 2.75) is 6.04 Å². The molecule has 1 saturated heterocycles. The first-order chi connectivity index (χ1) is 15.2. The Hall–Kier alpha value is -3.03. The molecule has 2 aromatic carbocycles. The van der Waals surface area contributed by atoms with Crippen LogP contribution in [-0.4, -0.2) is 64.0 Å². The minimum atomic E-state index is -0.157. The number of hydrogen-bond donors (Lipinski definition) is 1. The second-order valence-electron chi connectivity index (χ2n) is 7.47. The average molecular weight is 424 g/mol. The molecule has 0 bridgehead atoms. The van der Waals surface area contributed by atoms with E-state index in [0.29, 0.717) is 30.5 Å². The molecule has 1 amide bonds. The molecule has 7 heteroatoms. The highest BCUT2D eigenvalue weighted by atomic mass is 16.6. The molecule has 0 unspecified atom stereocenters. The highest BCUT2D eigenvalue weighted by Gasteiger charge is 2.20. The van der Waals surface area contributed by atoms with Crippen LogP contribution in [0.2, 0.25) is 0 Å². The van der Waals surface area contributed by atoms with E-state index in [1.807, 2.05) is 42.5 Å². The van der Waals surface area contributed by atoms with Crippen molar-refractivity contribution in [3.8, 4) is 17.2 Å². The Balaban J connectivity index is 1.46. The van der Waals surface area contributed by atoms with Crippen molar-refractivity contribution >= 4 is 12.0 Å². The van der Waals surface area contributed by atoms with Crippen molar-refractivity contribution in [2.24, 2.45) is 0 Å². The second kappa shape index (κ2) is 10.3. The molecule has 0 aromatic heterocycles. The third-order valence-electron chi connectivity index (χ3n) is 5.34. The van der Waals surface area contributed by atoms with Crippen molar-refractivity contribution < 1.29 is 23.7 Å². The van der Waals surface area contributed by atoms with Gasteiger partial charge in [0.1, 0.15) is 13.2 Å². The van der Waals surface area contributed by atoms with Crippen molar-refractivity contribution in [1.29, 1.82) is 0 Å². The summed E-state index contributed by atoms with van der Waals surface area (Å²) < 4.78 is 22.2. The number of fused-ring (bicyclic) bond motifs is 1. The Bertz CT molecular complexity index is 892. The van der Waals surface area contributed by atoms with Gasteiger partial charge in [0.05, 0.1) is 26.4 Å². The van der Waals surface area contributed by atoms with Crippen LogP contribution in [-0.2, 0) is 9.53 Å². The van der Waals surface area contributed by atoms with Gasteiger partial charge in [-0.3, -0.25) is 9.69 Å². The molecular weight excluding hydrogens is 396 g/mol. The lowest BCUT2D eigenvalue weighted by molar-refractivity contribution is -0.117. The highest BCUT2D eigenvalue weighted by Crippen LogP contribution is 2.40. The Morgan fingerprint density at radius 3 is 2.68 bits per heavy atom. The smallest absolute Gasteiger partial charge is 0.244 e. The number of rotatable bonds is 7. The third-order valence-corrected chi connectivity index (χ3v) is 5.34. The molecule has 0 aliphatic carbocycles. The van der Waals surface area contributed by atoms with Crippen LogP contribution in [0, 0.1) is 0 Å². The van der Waals surface area contributed by atoms with E-state index in [9.17, 15) is 4.79 Å². The van der Waals surface area contributed by atoms with E-state index in [4.69, 9.17) is 18.9 Å². The van der Waals surface area contributed by atoms with Gasteiger partial charge in [0.15, 0.2) is 11.5 Å². The summed E-state index contributed by atoms with van der Waals surface area (Å²) in [6.07, 6.45) is 3.30. The van der Waals surface area contributed by atoms with Crippen LogP contribution in [0.3, 0.4) is 0 Å². The first-order valence-electron chi connectivity index (χ1n) is 10.5. The van der Waals surface area contributed by atoms with Gasteiger partial charge in [0.2, 0.25) is 11.7 Å². The zero-order valence-electron chi connectivity index (χ0n) is 17.7. The van der Waals surface area contributed by atoms with Gasteiger partial charge >= 0.3 is 0 Å². The molecule has 2 heterocycles. The number of carbonyl (C=O) groups excluding carboxylic acids is 1. The molecule has 4 rings (SSSR count). The largest absolute Gasteiger partial charge is 0.493 e. The summed E-state index contributed by atoms with van der Waals surface area (Å²) in [6.45, 7) is 4.90. The molecule has 164 valence electrons.